The van der Waals surface area contributed by atoms with Crippen molar-refractivity contribution in [3.63, 3.8) is 0 Å². The van der Waals surface area contributed by atoms with Gasteiger partial charge in [0.15, 0.2) is 0 Å². The van der Waals surface area contributed by atoms with E-state index < -0.39 is 11.5 Å². The summed E-state index contributed by atoms with van der Waals surface area (Å²) in [5, 5.41) is 10.1. The first kappa shape index (κ1) is 20.7. The lowest BCUT2D eigenvalue weighted by atomic mass is 9.90. The first-order valence-corrected chi connectivity index (χ1v) is 9.68. The lowest BCUT2D eigenvalue weighted by Gasteiger charge is -2.22. The summed E-state index contributed by atoms with van der Waals surface area (Å²) >= 11 is 0. The van der Waals surface area contributed by atoms with Gasteiger partial charge in [-0.25, -0.2) is 4.79 Å². The number of hydrogen-bond donors (Lipinski definition) is 2. The molecule has 5 heteroatoms. The van der Waals surface area contributed by atoms with Crippen LogP contribution in [0.4, 0.5) is 0 Å². The second-order valence-corrected chi connectivity index (χ2v) is 8.31. The van der Waals surface area contributed by atoms with Crippen LogP contribution in [-0.2, 0) is 16.1 Å². The first-order chi connectivity index (χ1) is 12.3. The summed E-state index contributed by atoms with van der Waals surface area (Å²) in [6.45, 7) is 6.32. The smallest absolute Gasteiger partial charge is 0.329 e. The summed E-state index contributed by atoms with van der Waals surface area (Å²) in [7, 11) is 0. The predicted molar refractivity (Wildman–Crippen MR) is 102 cm³/mol. The largest absolute Gasteiger partial charge is 0.493 e. The van der Waals surface area contributed by atoms with E-state index in [4.69, 9.17) is 9.57 Å². The molecule has 5 nitrogen and oxygen atoms in total. The third-order valence-corrected chi connectivity index (χ3v) is 4.68. The normalized spacial score (nSPS) is 16.9. The number of carbonyl (C=O) groups excluding carboxylic acids is 1. The van der Waals surface area contributed by atoms with Gasteiger partial charge in [0, 0.05) is 0 Å². The number of hydroxylamine groups is 1. The van der Waals surface area contributed by atoms with Crippen molar-refractivity contribution in [1.29, 1.82) is 0 Å². The zero-order chi connectivity index (χ0) is 19.0. The van der Waals surface area contributed by atoms with E-state index >= 15 is 0 Å². The first-order valence-electron chi connectivity index (χ1n) is 9.68. The molecule has 1 aromatic carbocycles. The van der Waals surface area contributed by atoms with E-state index in [0.29, 0.717) is 12.3 Å². The molecule has 2 N–H and O–H groups in total. The molecule has 0 radical (unpaired) electrons. The molecule has 1 atom stereocenters. The molecule has 1 fully saturated rings. The van der Waals surface area contributed by atoms with Gasteiger partial charge < -0.3 is 14.7 Å². The number of ether oxygens (including phenoxy) is 1. The summed E-state index contributed by atoms with van der Waals surface area (Å²) < 4.78 is 5.95. The highest BCUT2D eigenvalue weighted by Gasteiger charge is 2.23. The molecule has 26 heavy (non-hydrogen) atoms. The Morgan fingerprint density at radius 1 is 1.27 bits per heavy atom. The molecule has 1 aromatic rings. The SMILES string of the molecule is CC(C)(C)C(=O)ONCC(O)Cc1cccc(OCC2CCCCC2)c1. The van der Waals surface area contributed by atoms with E-state index in [0.717, 1.165) is 17.9 Å². The third kappa shape index (κ3) is 7.34. The zero-order valence-electron chi connectivity index (χ0n) is 16.3. The standard InChI is InChI=1S/C21H33NO4/c1-21(2,3)20(24)26-22-14-18(23)12-17-10-7-11-19(13-17)25-15-16-8-5-4-6-9-16/h7,10-11,13,16,18,22-23H,4-6,8-9,12,14-15H2,1-3H3. The molecule has 1 aliphatic carbocycles. The lowest BCUT2D eigenvalue weighted by Crippen LogP contribution is -2.34. The van der Waals surface area contributed by atoms with Gasteiger partial charge in [0.25, 0.3) is 0 Å². The summed E-state index contributed by atoms with van der Waals surface area (Å²) in [6.07, 6.45) is 6.33. The van der Waals surface area contributed by atoms with Crippen molar-refractivity contribution in [2.45, 2.75) is 65.4 Å². The molecule has 0 aliphatic heterocycles. The van der Waals surface area contributed by atoms with Crippen molar-refractivity contribution in [3.05, 3.63) is 29.8 Å². The van der Waals surface area contributed by atoms with E-state index in [1.807, 2.05) is 24.3 Å². The molecule has 1 saturated carbocycles. The van der Waals surface area contributed by atoms with E-state index in [9.17, 15) is 9.90 Å². The number of nitrogens with one attached hydrogen (secondary N) is 1. The van der Waals surface area contributed by atoms with Gasteiger partial charge in [-0.15, -0.1) is 0 Å². The Balaban J connectivity index is 1.73. The Labute approximate surface area is 157 Å². The number of rotatable bonds is 8. The quantitative estimate of drug-likeness (QED) is 0.690. The Hall–Kier alpha value is -1.59. The molecule has 0 spiro atoms. The number of aliphatic hydroxyl groups excluding tert-OH is 1. The fourth-order valence-electron chi connectivity index (χ4n) is 3.03. The van der Waals surface area contributed by atoms with Gasteiger partial charge in [-0.05, 0) is 63.6 Å². The molecular formula is C21H33NO4. The second kappa shape index (κ2) is 9.93. The molecule has 0 aromatic heterocycles. The number of carbonyl (C=O) groups is 1. The minimum absolute atomic E-state index is 0.189. The monoisotopic (exact) mass is 363 g/mol. The highest BCUT2D eigenvalue weighted by atomic mass is 16.7. The topological polar surface area (TPSA) is 67.8 Å². The van der Waals surface area contributed by atoms with Gasteiger partial charge >= 0.3 is 5.97 Å². The van der Waals surface area contributed by atoms with Gasteiger partial charge in [-0.1, -0.05) is 31.4 Å². The van der Waals surface area contributed by atoms with Crippen molar-refractivity contribution >= 4 is 5.97 Å². The van der Waals surface area contributed by atoms with E-state index in [-0.39, 0.29) is 12.5 Å². The molecular weight excluding hydrogens is 330 g/mol. The fraction of sp³-hybridized carbons (Fsp3) is 0.667. The number of hydrogen-bond acceptors (Lipinski definition) is 5. The maximum Gasteiger partial charge on any atom is 0.329 e. The molecule has 0 amide bonds. The van der Waals surface area contributed by atoms with Crippen molar-refractivity contribution in [2.24, 2.45) is 11.3 Å². The second-order valence-electron chi connectivity index (χ2n) is 8.31. The average Bonchev–Trinajstić information content (AvgIpc) is 2.60. The van der Waals surface area contributed by atoms with Gasteiger partial charge in [0.05, 0.1) is 24.7 Å². The van der Waals surface area contributed by atoms with Gasteiger partial charge in [0.1, 0.15) is 5.75 Å². The number of benzene rings is 1. The molecule has 1 unspecified atom stereocenters. The van der Waals surface area contributed by atoms with Crippen LogP contribution in [0.15, 0.2) is 24.3 Å². The third-order valence-electron chi connectivity index (χ3n) is 4.68. The van der Waals surface area contributed by atoms with Crippen LogP contribution in [0.2, 0.25) is 0 Å². The lowest BCUT2D eigenvalue weighted by molar-refractivity contribution is -0.161. The minimum Gasteiger partial charge on any atom is -0.493 e. The molecule has 146 valence electrons. The highest BCUT2D eigenvalue weighted by Crippen LogP contribution is 2.25. The zero-order valence-corrected chi connectivity index (χ0v) is 16.3. The summed E-state index contributed by atoms with van der Waals surface area (Å²) in [6, 6.07) is 7.86. The van der Waals surface area contributed by atoms with E-state index in [1.165, 1.54) is 32.1 Å². The van der Waals surface area contributed by atoms with Crippen LogP contribution in [0.1, 0.15) is 58.4 Å². The van der Waals surface area contributed by atoms with Crippen LogP contribution in [0, 0.1) is 11.3 Å². The predicted octanol–water partition coefficient (Wildman–Crippen LogP) is 3.64. The summed E-state index contributed by atoms with van der Waals surface area (Å²) in [5.41, 5.74) is 3.00. The van der Waals surface area contributed by atoms with Gasteiger partial charge in [0.2, 0.25) is 0 Å². The maximum absolute atomic E-state index is 11.7. The van der Waals surface area contributed by atoms with Crippen LogP contribution in [0.5, 0.6) is 5.75 Å². The van der Waals surface area contributed by atoms with Crippen LogP contribution in [0.25, 0.3) is 0 Å². The van der Waals surface area contributed by atoms with Gasteiger partial charge in [-0.2, -0.15) is 5.48 Å². The Morgan fingerprint density at radius 2 is 2.00 bits per heavy atom. The van der Waals surface area contributed by atoms with E-state index in [2.05, 4.69) is 5.48 Å². The summed E-state index contributed by atoms with van der Waals surface area (Å²) in [4.78, 5) is 16.6. The average molecular weight is 363 g/mol. The minimum atomic E-state index is -0.642. The van der Waals surface area contributed by atoms with Crippen LogP contribution < -0.4 is 10.2 Å². The Kier molecular flexibility index (Phi) is 7.91. The molecule has 0 bridgehead atoms. The maximum atomic E-state index is 11.7. The van der Waals surface area contributed by atoms with E-state index in [1.54, 1.807) is 20.8 Å². The van der Waals surface area contributed by atoms with Crippen molar-refractivity contribution < 1.29 is 19.5 Å². The Morgan fingerprint density at radius 3 is 2.69 bits per heavy atom. The Bertz CT molecular complexity index is 561. The van der Waals surface area contributed by atoms with Gasteiger partial charge in [-0.3, -0.25) is 0 Å². The van der Waals surface area contributed by atoms with Crippen molar-refractivity contribution in [2.75, 3.05) is 13.2 Å². The summed E-state index contributed by atoms with van der Waals surface area (Å²) in [5.74, 6) is 1.18. The molecule has 2 rings (SSSR count). The molecule has 0 heterocycles. The van der Waals surface area contributed by atoms with Crippen molar-refractivity contribution in [1.82, 2.24) is 5.48 Å². The highest BCUT2D eigenvalue weighted by molar-refractivity contribution is 5.75. The number of aliphatic hydroxyl groups is 1. The van der Waals surface area contributed by atoms with Crippen molar-refractivity contribution in [3.8, 4) is 5.75 Å². The molecule has 0 saturated heterocycles. The van der Waals surface area contributed by atoms with Crippen LogP contribution in [0.3, 0.4) is 0 Å². The van der Waals surface area contributed by atoms with Crippen LogP contribution >= 0.6 is 0 Å². The molecule has 1 aliphatic rings. The fourth-order valence-corrected chi connectivity index (χ4v) is 3.03. The van der Waals surface area contributed by atoms with Crippen LogP contribution in [-0.4, -0.2) is 30.3 Å².